The van der Waals surface area contributed by atoms with Crippen molar-refractivity contribution in [2.45, 2.75) is 45.8 Å². The molecule has 0 aliphatic carbocycles. The second kappa shape index (κ2) is 8.42. The first-order valence-corrected chi connectivity index (χ1v) is 7.73. The van der Waals surface area contributed by atoms with Gasteiger partial charge >= 0.3 is 6.03 Å². The van der Waals surface area contributed by atoms with Crippen LogP contribution in [0.2, 0.25) is 0 Å². The lowest BCUT2D eigenvalue weighted by Crippen LogP contribution is -2.52. The van der Waals surface area contributed by atoms with E-state index in [9.17, 15) is 9.59 Å². The Kier molecular flexibility index (Phi) is 6.88. The molecule has 3 amide bonds. The molecule has 24 heavy (non-hydrogen) atoms. The minimum atomic E-state index is -0.630. The van der Waals surface area contributed by atoms with Crippen molar-refractivity contribution in [1.82, 2.24) is 16.0 Å². The first kappa shape index (κ1) is 19.6. The lowest BCUT2D eigenvalue weighted by molar-refractivity contribution is -0.123. The Morgan fingerprint density at radius 3 is 2.29 bits per heavy atom. The van der Waals surface area contributed by atoms with Gasteiger partial charge in [-0.25, -0.2) is 4.79 Å². The number of amides is 3. The zero-order chi connectivity index (χ0) is 18.3. The molecular formula is C17H27N3O4. The fourth-order valence-electron chi connectivity index (χ4n) is 1.96. The van der Waals surface area contributed by atoms with Crippen LogP contribution in [0.15, 0.2) is 18.2 Å². The van der Waals surface area contributed by atoms with Crippen LogP contribution in [0.25, 0.3) is 0 Å². The lowest BCUT2D eigenvalue weighted by Gasteiger charge is -2.23. The molecule has 1 aromatic carbocycles. The molecule has 0 radical (unpaired) electrons. The highest BCUT2D eigenvalue weighted by Crippen LogP contribution is 2.27. The fraction of sp³-hybridized carbons (Fsp3) is 0.529. The monoisotopic (exact) mass is 337 g/mol. The quantitative estimate of drug-likeness (QED) is 0.738. The Morgan fingerprint density at radius 1 is 1.12 bits per heavy atom. The Hall–Kier alpha value is -2.44. The summed E-state index contributed by atoms with van der Waals surface area (Å²) in [6.07, 6.45) is 0. The molecule has 0 unspecified atom stereocenters. The van der Waals surface area contributed by atoms with Crippen molar-refractivity contribution in [1.29, 1.82) is 0 Å². The Bertz CT molecular complexity index is 582. The Labute approximate surface area is 143 Å². The summed E-state index contributed by atoms with van der Waals surface area (Å²) in [5.74, 6) is 0.983. The molecule has 7 heteroatoms. The molecular weight excluding hydrogens is 310 g/mol. The van der Waals surface area contributed by atoms with Gasteiger partial charge in [0.25, 0.3) is 0 Å². The van der Waals surface area contributed by atoms with Crippen LogP contribution in [0.5, 0.6) is 11.5 Å². The second-order valence-corrected chi connectivity index (χ2v) is 6.48. The van der Waals surface area contributed by atoms with Gasteiger partial charge < -0.3 is 25.4 Å². The zero-order valence-corrected chi connectivity index (χ0v) is 15.1. The predicted molar refractivity (Wildman–Crippen MR) is 92.3 cm³/mol. The summed E-state index contributed by atoms with van der Waals surface area (Å²) in [6.45, 7) is 7.59. The molecule has 0 aromatic heterocycles. The van der Waals surface area contributed by atoms with Crippen LogP contribution in [0, 0.1) is 0 Å². The average Bonchev–Trinajstić information content (AvgIpc) is 2.50. The van der Waals surface area contributed by atoms with Gasteiger partial charge in [0, 0.05) is 12.1 Å². The van der Waals surface area contributed by atoms with E-state index in [0.29, 0.717) is 18.0 Å². The van der Waals surface area contributed by atoms with Gasteiger partial charge in [-0.05, 0) is 45.4 Å². The topological polar surface area (TPSA) is 88.7 Å². The fourth-order valence-corrected chi connectivity index (χ4v) is 1.96. The third-order valence-electron chi connectivity index (χ3n) is 3.14. The van der Waals surface area contributed by atoms with E-state index in [-0.39, 0.29) is 11.4 Å². The van der Waals surface area contributed by atoms with E-state index in [4.69, 9.17) is 9.47 Å². The molecule has 0 bridgehead atoms. The van der Waals surface area contributed by atoms with Crippen LogP contribution in [-0.2, 0) is 11.3 Å². The second-order valence-electron chi connectivity index (χ2n) is 6.48. The third kappa shape index (κ3) is 6.36. The maximum Gasteiger partial charge on any atom is 0.315 e. The van der Waals surface area contributed by atoms with Crippen molar-refractivity contribution in [3.8, 4) is 11.5 Å². The maximum absolute atomic E-state index is 11.9. The number of methoxy groups -OCH3 is 2. The van der Waals surface area contributed by atoms with Crippen LogP contribution in [-0.4, -0.2) is 37.7 Å². The number of ether oxygens (including phenoxy) is 2. The lowest BCUT2D eigenvalue weighted by atomic mass is 10.1. The van der Waals surface area contributed by atoms with Crippen LogP contribution < -0.4 is 25.4 Å². The van der Waals surface area contributed by atoms with Crippen LogP contribution in [0.3, 0.4) is 0 Å². The van der Waals surface area contributed by atoms with Crippen molar-refractivity contribution in [3.05, 3.63) is 23.8 Å². The van der Waals surface area contributed by atoms with Crippen molar-refractivity contribution in [2.24, 2.45) is 0 Å². The average molecular weight is 337 g/mol. The maximum atomic E-state index is 11.9. The van der Waals surface area contributed by atoms with Crippen molar-refractivity contribution in [3.63, 3.8) is 0 Å². The molecule has 3 N–H and O–H groups in total. The molecule has 0 aliphatic heterocycles. The SMILES string of the molecule is COc1ccc(CNC(=O)N[C@@H](C)C(=O)NC(C)(C)C)cc1OC. The summed E-state index contributed by atoms with van der Waals surface area (Å²) >= 11 is 0. The highest BCUT2D eigenvalue weighted by Gasteiger charge is 2.20. The van der Waals surface area contributed by atoms with E-state index in [1.807, 2.05) is 26.8 Å². The molecule has 0 heterocycles. The molecule has 0 fully saturated rings. The van der Waals surface area contributed by atoms with E-state index in [0.717, 1.165) is 5.56 Å². The van der Waals surface area contributed by atoms with Crippen LogP contribution >= 0.6 is 0 Å². The highest BCUT2D eigenvalue weighted by molar-refractivity contribution is 5.87. The molecule has 0 aliphatic rings. The third-order valence-corrected chi connectivity index (χ3v) is 3.14. The van der Waals surface area contributed by atoms with Gasteiger partial charge in [0.05, 0.1) is 14.2 Å². The first-order valence-electron chi connectivity index (χ1n) is 7.73. The summed E-state index contributed by atoms with van der Waals surface area (Å²) in [5, 5.41) is 8.13. The summed E-state index contributed by atoms with van der Waals surface area (Å²) in [5.41, 5.74) is 0.512. The molecule has 7 nitrogen and oxygen atoms in total. The molecule has 0 saturated carbocycles. The molecule has 1 aromatic rings. The summed E-state index contributed by atoms with van der Waals surface area (Å²) < 4.78 is 10.4. The number of rotatable bonds is 6. The number of hydrogen-bond donors (Lipinski definition) is 3. The van der Waals surface area contributed by atoms with E-state index in [2.05, 4.69) is 16.0 Å². The smallest absolute Gasteiger partial charge is 0.315 e. The molecule has 1 rings (SSSR count). The van der Waals surface area contributed by atoms with E-state index >= 15 is 0 Å². The van der Waals surface area contributed by atoms with Gasteiger partial charge in [-0.1, -0.05) is 6.07 Å². The first-order chi connectivity index (χ1) is 11.2. The molecule has 1 atom stereocenters. The van der Waals surface area contributed by atoms with Crippen molar-refractivity contribution < 1.29 is 19.1 Å². The van der Waals surface area contributed by atoms with Gasteiger partial charge in [-0.2, -0.15) is 0 Å². The van der Waals surface area contributed by atoms with Gasteiger partial charge in [0.15, 0.2) is 11.5 Å². The standard InChI is InChI=1S/C17H27N3O4/c1-11(15(21)20-17(2,3)4)19-16(22)18-10-12-7-8-13(23-5)14(9-12)24-6/h7-9,11H,10H2,1-6H3,(H,20,21)(H2,18,19,22)/t11-/m0/s1. The molecule has 0 saturated heterocycles. The molecule has 0 spiro atoms. The van der Waals surface area contributed by atoms with E-state index < -0.39 is 12.1 Å². The summed E-state index contributed by atoms with van der Waals surface area (Å²) in [4.78, 5) is 23.9. The summed E-state index contributed by atoms with van der Waals surface area (Å²) in [6, 6.07) is 4.34. The number of hydrogen-bond acceptors (Lipinski definition) is 4. The van der Waals surface area contributed by atoms with Gasteiger partial charge in [0.2, 0.25) is 5.91 Å². The van der Waals surface area contributed by atoms with Gasteiger partial charge in [-0.15, -0.1) is 0 Å². The van der Waals surface area contributed by atoms with Crippen LogP contribution in [0.1, 0.15) is 33.3 Å². The number of carbonyl (C=O) groups excluding carboxylic acids is 2. The Balaban J connectivity index is 2.53. The summed E-state index contributed by atoms with van der Waals surface area (Å²) in [7, 11) is 3.12. The number of nitrogens with one attached hydrogen (secondary N) is 3. The van der Waals surface area contributed by atoms with E-state index in [1.165, 1.54) is 0 Å². The predicted octanol–water partition coefficient (Wildman–Crippen LogP) is 1.81. The largest absolute Gasteiger partial charge is 0.493 e. The van der Waals surface area contributed by atoms with Crippen LogP contribution in [0.4, 0.5) is 4.79 Å². The highest BCUT2D eigenvalue weighted by atomic mass is 16.5. The minimum Gasteiger partial charge on any atom is -0.493 e. The zero-order valence-electron chi connectivity index (χ0n) is 15.1. The Morgan fingerprint density at radius 2 is 1.75 bits per heavy atom. The number of urea groups is 1. The van der Waals surface area contributed by atoms with Crippen molar-refractivity contribution in [2.75, 3.05) is 14.2 Å². The number of benzene rings is 1. The van der Waals surface area contributed by atoms with Gasteiger partial charge in [-0.3, -0.25) is 4.79 Å². The van der Waals surface area contributed by atoms with Crippen molar-refractivity contribution >= 4 is 11.9 Å². The van der Waals surface area contributed by atoms with Gasteiger partial charge in [0.1, 0.15) is 6.04 Å². The number of carbonyl (C=O) groups is 2. The molecule has 134 valence electrons. The van der Waals surface area contributed by atoms with E-state index in [1.54, 1.807) is 33.3 Å². The minimum absolute atomic E-state index is 0.233. The normalized spacial score (nSPS) is 12.1.